The maximum atomic E-state index is 13.0. The molecule has 3 aromatic rings. The molecule has 0 fully saturated rings. The average Bonchev–Trinajstić information content (AvgIpc) is 2.66. The fraction of sp³-hybridized carbons (Fsp3) is 0. The summed E-state index contributed by atoms with van der Waals surface area (Å²) in [6.07, 6.45) is 1.52. The highest BCUT2D eigenvalue weighted by Gasteiger charge is 2.07. The van der Waals surface area contributed by atoms with Gasteiger partial charge in [-0.05, 0) is 18.2 Å². The molecule has 0 radical (unpaired) electrons. The summed E-state index contributed by atoms with van der Waals surface area (Å²) in [6.45, 7) is 0. The number of hydrogen-bond donors (Lipinski definition) is 1. The van der Waals surface area contributed by atoms with Crippen molar-refractivity contribution in [1.29, 1.82) is 0 Å². The number of hydrogen-bond acceptors (Lipinski definition) is 4. The molecular formula is C9H6FN5. The fourth-order valence-electron chi connectivity index (χ4n) is 1.57. The first kappa shape index (κ1) is 8.10. The summed E-state index contributed by atoms with van der Waals surface area (Å²) < 4.78 is 14.7. The summed E-state index contributed by atoms with van der Waals surface area (Å²) >= 11 is 0. The van der Waals surface area contributed by atoms with E-state index in [1.807, 2.05) is 0 Å². The second-order valence-electron chi connectivity index (χ2n) is 3.16. The number of fused-ring (bicyclic) bond motifs is 3. The fourth-order valence-corrected chi connectivity index (χ4v) is 1.57. The van der Waals surface area contributed by atoms with Crippen LogP contribution >= 0.6 is 0 Å². The number of benzene rings is 1. The van der Waals surface area contributed by atoms with Crippen molar-refractivity contribution in [2.45, 2.75) is 0 Å². The Morgan fingerprint density at radius 2 is 2.20 bits per heavy atom. The molecule has 2 aromatic heterocycles. The van der Waals surface area contributed by atoms with Crippen molar-refractivity contribution < 1.29 is 4.39 Å². The molecule has 0 aliphatic carbocycles. The van der Waals surface area contributed by atoms with E-state index in [2.05, 4.69) is 15.2 Å². The van der Waals surface area contributed by atoms with Gasteiger partial charge in [-0.25, -0.2) is 4.39 Å². The molecule has 74 valence electrons. The Labute approximate surface area is 83.4 Å². The van der Waals surface area contributed by atoms with E-state index in [0.29, 0.717) is 11.2 Å². The Bertz CT molecular complexity index is 660. The topological polar surface area (TPSA) is 69.1 Å². The van der Waals surface area contributed by atoms with Gasteiger partial charge < -0.3 is 5.73 Å². The van der Waals surface area contributed by atoms with E-state index in [-0.39, 0.29) is 11.6 Å². The van der Waals surface area contributed by atoms with Gasteiger partial charge in [0.05, 0.1) is 5.52 Å². The molecule has 0 bridgehead atoms. The minimum absolute atomic E-state index is 0.255. The predicted octanol–water partition coefficient (Wildman–Crippen LogP) is 0.999. The first-order valence-corrected chi connectivity index (χ1v) is 4.30. The molecule has 0 unspecified atom stereocenters. The zero-order chi connectivity index (χ0) is 10.4. The third-order valence-electron chi connectivity index (χ3n) is 2.24. The van der Waals surface area contributed by atoms with Crippen LogP contribution in [0.5, 0.6) is 0 Å². The van der Waals surface area contributed by atoms with Crippen LogP contribution in [0.25, 0.3) is 16.7 Å². The lowest BCUT2D eigenvalue weighted by molar-refractivity contribution is 0.629. The summed E-state index contributed by atoms with van der Waals surface area (Å²) in [4.78, 5) is 4.01. The summed E-state index contributed by atoms with van der Waals surface area (Å²) in [5.74, 6) is 0.319. The van der Waals surface area contributed by atoms with Crippen LogP contribution < -0.4 is 5.73 Å². The van der Waals surface area contributed by atoms with Gasteiger partial charge >= 0.3 is 0 Å². The van der Waals surface area contributed by atoms with Gasteiger partial charge in [0, 0.05) is 5.39 Å². The van der Waals surface area contributed by atoms with Gasteiger partial charge in [-0.1, -0.05) is 0 Å². The van der Waals surface area contributed by atoms with Crippen LogP contribution in [0.3, 0.4) is 0 Å². The van der Waals surface area contributed by atoms with Crippen LogP contribution in [0.2, 0.25) is 0 Å². The van der Waals surface area contributed by atoms with Crippen LogP contribution in [0, 0.1) is 5.82 Å². The number of nitrogen functional groups attached to an aromatic ring is 1. The van der Waals surface area contributed by atoms with Crippen molar-refractivity contribution in [3.63, 3.8) is 0 Å². The Balaban J connectivity index is 2.61. The quantitative estimate of drug-likeness (QED) is 0.591. The lowest BCUT2D eigenvalue weighted by atomic mass is 10.2. The van der Waals surface area contributed by atoms with Crippen LogP contribution in [0.4, 0.5) is 10.2 Å². The van der Waals surface area contributed by atoms with Gasteiger partial charge in [0.1, 0.15) is 18.0 Å². The normalized spacial score (nSPS) is 11.3. The molecule has 0 saturated heterocycles. The van der Waals surface area contributed by atoms with Crippen molar-refractivity contribution in [3.8, 4) is 0 Å². The van der Waals surface area contributed by atoms with E-state index in [4.69, 9.17) is 5.73 Å². The monoisotopic (exact) mass is 203 g/mol. The number of rotatable bonds is 0. The van der Waals surface area contributed by atoms with Crippen LogP contribution in [0.15, 0.2) is 24.5 Å². The molecule has 0 spiro atoms. The van der Waals surface area contributed by atoms with Gasteiger partial charge in [-0.15, -0.1) is 10.2 Å². The Morgan fingerprint density at radius 3 is 3.07 bits per heavy atom. The highest BCUT2D eigenvalue weighted by Crippen LogP contribution is 2.20. The van der Waals surface area contributed by atoms with Crippen molar-refractivity contribution in [1.82, 2.24) is 19.6 Å². The molecule has 0 aliphatic rings. The molecule has 3 rings (SSSR count). The molecule has 1 aromatic carbocycles. The van der Waals surface area contributed by atoms with E-state index in [9.17, 15) is 4.39 Å². The van der Waals surface area contributed by atoms with E-state index >= 15 is 0 Å². The lowest BCUT2D eigenvalue weighted by Crippen LogP contribution is -1.98. The molecule has 15 heavy (non-hydrogen) atoms. The van der Waals surface area contributed by atoms with Crippen LogP contribution in [-0.2, 0) is 0 Å². The van der Waals surface area contributed by atoms with Gasteiger partial charge in [0.25, 0.3) is 5.78 Å². The van der Waals surface area contributed by atoms with Crippen molar-refractivity contribution in [2.24, 2.45) is 0 Å². The maximum absolute atomic E-state index is 13.0. The number of nitrogens with zero attached hydrogens (tertiary/aromatic N) is 4. The molecule has 2 heterocycles. The third-order valence-corrected chi connectivity index (χ3v) is 2.24. The van der Waals surface area contributed by atoms with Gasteiger partial charge in [0.2, 0.25) is 0 Å². The number of anilines is 1. The third kappa shape index (κ3) is 1.04. The molecule has 0 saturated carbocycles. The molecule has 5 nitrogen and oxygen atoms in total. The minimum Gasteiger partial charge on any atom is -0.383 e. The molecular weight excluding hydrogens is 197 g/mol. The standard InChI is InChI=1S/C9H6FN5/c10-5-1-2-7-6(3-5)8(11)13-9-14-12-4-15(7)9/h1-4H,(H2,11,13,14). The minimum atomic E-state index is -0.344. The van der Waals surface area contributed by atoms with E-state index in [0.717, 1.165) is 5.52 Å². The first-order valence-electron chi connectivity index (χ1n) is 4.30. The summed E-state index contributed by atoms with van der Waals surface area (Å²) in [6, 6.07) is 4.33. The first-order chi connectivity index (χ1) is 7.25. The number of aromatic nitrogens is 4. The molecule has 0 amide bonds. The SMILES string of the molecule is Nc1nc2nncn2c2ccc(F)cc12. The molecule has 2 N–H and O–H groups in total. The van der Waals surface area contributed by atoms with Crippen LogP contribution in [-0.4, -0.2) is 19.6 Å². The smallest absolute Gasteiger partial charge is 0.257 e. The largest absolute Gasteiger partial charge is 0.383 e. The van der Waals surface area contributed by atoms with Crippen molar-refractivity contribution >= 4 is 22.5 Å². The number of halogens is 1. The van der Waals surface area contributed by atoms with Crippen molar-refractivity contribution in [2.75, 3.05) is 5.73 Å². The van der Waals surface area contributed by atoms with Gasteiger partial charge in [-0.2, -0.15) is 4.98 Å². The average molecular weight is 203 g/mol. The summed E-state index contributed by atoms with van der Waals surface area (Å²) in [7, 11) is 0. The predicted molar refractivity (Wildman–Crippen MR) is 52.7 cm³/mol. The highest BCUT2D eigenvalue weighted by molar-refractivity contribution is 5.89. The van der Waals surface area contributed by atoms with E-state index in [1.165, 1.54) is 18.5 Å². The zero-order valence-corrected chi connectivity index (χ0v) is 7.55. The molecule has 0 atom stereocenters. The van der Waals surface area contributed by atoms with E-state index in [1.54, 1.807) is 10.5 Å². The van der Waals surface area contributed by atoms with Crippen molar-refractivity contribution in [3.05, 3.63) is 30.3 Å². The second kappa shape index (κ2) is 2.63. The Kier molecular flexibility index (Phi) is 1.42. The summed E-state index contributed by atoms with van der Waals surface area (Å²) in [5.41, 5.74) is 6.43. The van der Waals surface area contributed by atoms with Gasteiger partial charge in [-0.3, -0.25) is 4.40 Å². The second-order valence-corrected chi connectivity index (χ2v) is 3.16. The Hall–Kier alpha value is -2.24. The maximum Gasteiger partial charge on any atom is 0.257 e. The Morgan fingerprint density at radius 1 is 1.33 bits per heavy atom. The number of nitrogens with two attached hydrogens (primary N) is 1. The molecule has 0 aliphatic heterocycles. The summed E-state index contributed by atoms with van der Waals surface area (Å²) in [5, 5.41) is 8.05. The zero-order valence-electron chi connectivity index (χ0n) is 7.55. The highest BCUT2D eigenvalue weighted by atomic mass is 19.1. The van der Waals surface area contributed by atoms with E-state index < -0.39 is 0 Å². The lowest BCUT2D eigenvalue weighted by Gasteiger charge is -2.03. The van der Waals surface area contributed by atoms with Crippen LogP contribution in [0.1, 0.15) is 0 Å². The molecule has 6 heteroatoms. The van der Waals surface area contributed by atoms with Gasteiger partial charge in [0.15, 0.2) is 0 Å².